The SMILES string of the molecule is O=C1OC(c2ccc(F)cc2)=N/C1=C\c1cccc(NC(=O)C(F)(F)F)c1. The molecular formula is C18H10F4N2O3. The lowest BCUT2D eigenvalue weighted by molar-refractivity contribution is -0.167. The minimum absolute atomic E-state index is 0.0206. The molecule has 0 bridgehead atoms. The fraction of sp³-hybridized carbons (Fsp3) is 0.0556. The van der Waals surface area contributed by atoms with E-state index < -0.39 is 23.9 Å². The van der Waals surface area contributed by atoms with Gasteiger partial charge in [0, 0.05) is 11.3 Å². The van der Waals surface area contributed by atoms with Gasteiger partial charge in [-0.25, -0.2) is 14.2 Å². The van der Waals surface area contributed by atoms with Gasteiger partial charge in [0.05, 0.1) is 0 Å². The van der Waals surface area contributed by atoms with E-state index in [0.717, 1.165) is 0 Å². The van der Waals surface area contributed by atoms with Gasteiger partial charge in [-0.3, -0.25) is 4.79 Å². The maximum Gasteiger partial charge on any atom is 0.471 e. The number of benzene rings is 2. The van der Waals surface area contributed by atoms with Crippen LogP contribution in [0.15, 0.2) is 59.2 Å². The van der Waals surface area contributed by atoms with Crippen LogP contribution in [0.25, 0.3) is 6.08 Å². The second-order valence-corrected chi connectivity index (χ2v) is 5.42. The molecule has 5 nitrogen and oxygen atoms in total. The number of ether oxygens (including phenoxy) is 1. The number of nitrogens with zero attached hydrogens (tertiary/aromatic N) is 1. The zero-order valence-electron chi connectivity index (χ0n) is 13.4. The van der Waals surface area contributed by atoms with Crippen molar-refractivity contribution in [2.75, 3.05) is 5.32 Å². The maximum atomic E-state index is 13.0. The second-order valence-electron chi connectivity index (χ2n) is 5.42. The topological polar surface area (TPSA) is 67.8 Å². The molecule has 1 heterocycles. The Bertz CT molecular complexity index is 963. The molecule has 138 valence electrons. The number of esters is 1. The van der Waals surface area contributed by atoms with Gasteiger partial charge < -0.3 is 10.1 Å². The van der Waals surface area contributed by atoms with Crippen LogP contribution in [-0.4, -0.2) is 24.0 Å². The van der Waals surface area contributed by atoms with Crippen molar-refractivity contribution in [1.29, 1.82) is 0 Å². The highest BCUT2D eigenvalue weighted by Crippen LogP contribution is 2.22. The Labute approximate surface area is 150 Å². The van der Waals surface area contributed by atoms with E-state index in [1.165, 1.54) is 54.6 Å². The predicted molar refractivity (Wildman–Crippen MR) is 88.1 cm³/mol. The van der Waals surface area contributed by atoms with Crippen LogP contribution in [0.5, 0.6) is 0 Å². The average Bonchev–Trinajstić information content (AvgIpc) is 2.95. The summed E-state index contributed by atoms with van der Waals surface area (Å²) in [5.74, 6) is -3.35. The zero-order chi connectivity index (χ0) is 19.6. The molecule has 0 atom stereocenters. The number of anilines is 1. The highest BCUT2D eigenvalue weighted by atomic mass is 19.4. The lowest BCUT2D eigenvalue weighted by Crippen LogP contribution is -2.29. The first-order valence-electron chi connectivity index (χ1n) is 7.49. The number of carbonyl (C=O) groups excluding carboxylic acids is 2. The normalized spacial score (nSPS) is 15.5. The number of alkyl halides is 3. The summed E-state index contributed by atoms with van der Waals surface area (Å²) in [6.45, 7) is 0. The quantitative estimate of drug-likeness (QED) is 0.503. The molecule has 0 aliphatic carbocycles. The molecule has 1 N–H and O–H groups in total. The first-order valence-corrected chi connectivity index (χ1v) is 7.49. The fourth-order valence-electron chi connectivity index (χ4n) is 2.19. The number of hydrogen-bond acceptors (Lipinski definition) is 4. The van der Waals surface area contributed by atoms with Crippen LogP contribution in [0.3, 0.4) is 0 Å². The minimum Gasteiger partial charge on any atom is -0.402 e. The summed E-state index contributed by atoms with van der Waals surface area (Å²) in [6.07, 6.45) is -3.72. The van der Waals surface area contributed by atoms with E-state index >= 15 is 0 Å². The summed E-state index contributed by atoms with van der Waals surface area (Å²) in [7, 11) is 0. The van der Waals surface area contributed by atoms with Gasteiger partial charge in [-0.2, -0.15) is 13.2 Å². The highest BCUT2D eigenvalue weighted by molar-refractivity contribution is 6.12. The third-order valence-corrected chi connectivity index (χ3v) is 3.42. The third kappa shape index (κ3) is 4.38. The van der Waals surface area contributed by atoms with Gasteiger partial charge in [-0.15, -0.1) is 0 Å². The van der Waals surface area contributed by atoms with Crippen LogP contribution in [0.1, 0.15) is 11.1 Å². The van der Waals surface area contributed by atoms with Crippen molar-refractivity contribution in [3.05, 3.63) is 71.2 Å². The molecule has 1 amide bonds. The van der Waals surface area contributed by atoms with Crippen LogP contribution in [-0.2, 0) is 14.3 Å². The molecular weight excluding hydrogens is 368 g/mol. The van der Waals surface area contributed by atoms with Crippen molar-refractivity contribution in [2.24, 2.45) is 4.99 Å². The molecule has 0 spiro atoms. The molecule has 27 heavy (non-hydrogen) atoms. The molecule has 2 aromatic rings. The van der Waals surface area contributed by atoms with Crippen LogP contribution < -0.4 is 5.32 Å². The van der Waals surface area contributed by atoms with Crippen LogP contribution in [0, 0.1) is 5.82 Å². The van der Waals surface area contributed by atoms with Crippen molar-refractivity contribution >= 4 is 29.5 Å². The molecule has 3 rings (SSSR count). The number of halogens is 4. The van der Waals surface area contributed by atoms with Gasteiger partial charge in [0.2, 0.25) is 5.90 Å². The number of cyclic esters (lactones) is 1. The Kier molecular flexibility index (Phi) is 4.76. The third-order valence-electron chi connectivity index (χ3n) is 3.42. The van der Waals surface area contributed by atoms with Gasteiger partial charge in [-0.1, -0.05) is 12.1 Å². The lowest BCUT2D eigenvalue weighted by atomic mass is 10.1. The number of rotatable bonds is 3. The average molecular weight is 378 g/mol. The summed E-state index contributed by atoms with van der Waals surface area (Å²) in [5.41, 5.74) is 0.528. The second kappa shape index (κ2) is 7.02. The lowest BCUT2D eigenvalue weighted by Gasteiger charge is -2.08. The van der Waals surface area contributed by atoms with Crippen molar-refractivity contribution in [3.63, 3.8) is 0 Å². The maximum absolute atomic E-state index is 13.0. The van der Waals surface area contributed by atoms with E-state index in [4.69, 9.17) is 4.74 Å². The molecule has 1 aliphatic rings. The Morgan fingerprint density at radius 3 is 2.48 bits per heavy atom. The molecule has 0 radical (unpaired) electrons. The van der Waals surface area contributed by atoms with Crippen molar-refractivity contribution in [3.8, 4) is 0 Å². The first-order chi connectivity index (χ1) is 12.7. The zero-order valence-corrected chi connectivity index (χ0v) is 13.4. The molecule has 2 aromatic carbocycles. The number of aliphatic imine (C=N–C) groups is 1. The molecule has 0 fully saturated rings. The summed E-state index contributed by atoms with van der Waals surface area (Å²) >= 11 is 0. The van der Waals surface area contributed by atoms with Gasteiger partial charge in [0.15, 0.2) is 5.70 Å². The summed E-state index contributed by atoms with van der Waals surface area (Å²) in [4.78, 5) is 26.9. The van der Waals surface area contributed by atoms with E-state index in [-0.39, 0.29) is 17.3 Å². The van der Waals surface area contributed by atoms with Crippen molar-refractivity contribution in [2.45, 2.75) is 6.18 Å². The van der Waals surface area contributed by atoms with Gasteiger partial charge in [0.25, 0.3) is 0 Å². The Hall–Kier alpha value is -3.49. The predicted octanol–water partition coefficient (Wildman–Crippen LogP) is 3.67. The van der Waals surface area contributed by atoms with Crippen molar-refractivity contribution < 1.29 is 31.9 Å². The largest absolute Gasteiger partial charge is 0.471 e. The fourth-order valence-corrected chi connectivity index (χ4v) is 2.19. The van der Waals surface area contributed by atoms with Crippen LogP contribution in [0.2, 0.25) is 0 Å². The molecule has 0 saturated carbocycles. The minimum atomic E-state index is -5.02. The molecule has 9 heteroatoms. The van der Waals surface area contributed by atoms with E-state index in [9.17, 15) is 27.2 Å². The molecule has 0 aromatic heterocycles. The Morgan fingerprint density at radius 2 is 1.81 bits per heavy atom. The van der Waals surface area contributed by atoms with E-state index in [1.807, 2.05) is 0 Å². The number of amides is 1. The van der Waals surface area contributed by atoms with E-state index in [0.29, 0.717) is 11.1 Å². The van der Waals surface area contributed by atoms with Gasteiger partial charge in [0.1, 0.15) is 5.82 Å². The Balaban J connectivity index is 1.84. The monoisotopic (exact) mass is 378 g/mol. The van der Waals surface area contributed by atoms with Crippen LogP contribution >= 0.6 is 0 Å². The molecule has 0 saturated heterocycles. The first kappa shape index (κ1) is 18.3. The van der Waals surface area contributed by atoms with E-state index in [1.54, 1.807) is 5.32 Å². The van der Waals surface area contributed by atoms with Crippen LogP contribution in [0.4, 0.5) is 23.2 Å². The standard InChI is InChI=1S/C18H10F4N2O3/c19-12-6-4-11(5-7-12)15-24-14(16(25)27-15)9-10-2-1-3-13(8-10)23-17(26)18(20,21)22/h1-9H,(H,23,26)/b14-9-. The number of hydrogen-bond donors (Lipinski definition) is 1. The van der Waals surface area contributed by atoms with Gasteiger partial charge in [-0.05, 0) is 48.0 Å². The van der Waals surface area contributed by atoms with E-state index in [2.05, 4.69) is 4.99 Å². The number of nitrogens with one attached hydrogen (secondary N) is 1. The molecule has 1 aliphatic heterocycles. The Morgan fingerprint density at radius 1 is 1.11 bits per heavy atom. The van der Waals surface area contributed by atoms with Crippen molar-refractivity contribution in [1.82, 2.24) is 0 Å². The smallest absolute Gasteiger partial charge is 0.402 e. The number of carbonyl (C=O) groups is 2. The highest BCUT2D eigenvalue weighted by Gasteiger charge is 2.38. The molecule has 0 unspecified atom stereocenters. The summed E-state index contributed by atoms with van der Waals surface area (Å²) < 4.78 is 54.9. The summed E-state index contributed by atoms with van der Waals surface area (Å²) in [5, 5.41) is 1.72. The van der Waals surface area contributed by atoms with Gasteiger partial charge >= 0.3 is 18.1 Å². The summed E-state index contributed by atoms with van der Waals surface area (Å²) in [6, 6.07) is 10.6.